The van der Waals surface area contributed by atoms with Crippen molar-refractivity contribution >= 4 is 11.8 Å². The number of carbonyl (C=O) groups excluding carboxylic acids is 1. The average molecular weight is 207 g/mol. The highest BCUT2D eigenvalue weighted by Crippen LogP contribution is 2.07. The predicted molar refractivity (Wildman–Crippen MR) is 56.8 cm³/mol. The van der Waals surface area contributed by atoms with Gasteiger partial charge in [0, 0.05) is 19.0 Å². The van der Waals surface area contributed by atoms with Crippen LogP contribution in [0.1, 0.15) is 18.1 Å². The molecule has 0 aliphatic carbocycles. The highest BCUT2D eigenvalue weighted by molar-refractivity contribution is 5.98. The molecule has 0 aliphatic rings. The molecule has 5 heteroatoms. The Hall–Kier alpha value is -1.88. The standard InChI is InChI=1S/C10H13N3O2/c1-7(14)15-13-10(12)9-5-3-2-4-8(9)6-11/h2-5H,6,11H2,1H3,(H2,12,13). The van der Waals surface area contributed by atoms with Crippen molar-refractivity contribution in [3.63, 3.8) is 0 Å². The number of benzene rings is 1. The molecule has 0 unspecified atom stereocenters. The lowest BCUT2D eigenvalue weighted by Crippen LogP contribution is -2.18. The molecule has 1 rings (SSSR count). The molecule has 0 amide bonds. The van der Waals surface area contributed by atoms with Crippen LogP contribution in [0.4, 0.5) is 0 Å². The summed E-state index contributed by atoms with van der Waals surface area (Å²) in [5, 5.41) is 3.49. The van der Waals surface area contributed by atoms with E-state index in [1.165, 1.54) is 6.92 Å². The minimum atomic E-state index is -0.511. The van der Waals surface area contributed by atoms with Crippen molar-refractivity contribution in [3.8, 4) is 0 Å². The van der Waals surface area contributed by atoms with Crippen LogP contribution in [0.5, 0.6) is 0 Å². The van der Waals surface area contributed by atoms with Crippen molar-refractivity contribution in [2.45, 2.75) is 13.5 Å². The molecular weight excluding hydrogens is 194 g/mol. The smallest absolute Gasteiger partial charge is 0.332 e. The quantitative estimate of drug-likeness (QED) is 0.323. The van der Waals surface area contributed by atoms with E-state index in [0.29, 0.717) is 12.1 Å². The SMILES string of the molecule is CC(=O)ON=C(N)c1ccccc1CN. The number of carbonyl (C=O) groups is 1. The fourth-order valence-electron chi connectivity index (χ4n) is 1.11. The summed E-state index contributed by atoms with van der Waals surface area (Å²) in [6, 6.07) is 7.27. The van der Waals surface area contributed by atoms with Crippen LogP contribution in [-0.4, -0.2) is 11.8 Å². The number of nitrogens with zero attached hydrogens (tertiary/aromatic N) is 1. The first kappa shape index (κ1) is 11.2. The van der Waals surface area contributed by atoms with Crippen LogP contribution in [0.3, 0.4) is 0 Å². The Labute approximate surface area is 87.7 Å². The van der Waals surface area contributed by atoms with Crippen LogP contribution in [0, 0.1) is 0 Å². The molecule has 1 aromatic rings. The summed E-state index contributed by atoms with van der Waals surface area (Å²) < 4.78 is 0. The summed E-state index contributed by atoms with van der Waals surface area (Å²) in [5.74, 6) is -0.366. The van der Waals surface area contributed by atoms with E-state index in [1.807, 2.05) is 18.2 Å². The zero-order chi connectivity index (χ0) is 11.3. The monoisotopic (exact) mass is 207 g/mol. The van der Waals surface area contributed by atoms with E-state index in [9.17, 15) is 4.79 Å². The van der Waals surface area contributed by atoms with Crippen LogP contribution in [0.15, 0.2) is 29.4 Å². The van der Waals surface area contributed by atoms with Gasteiger partial charge in [-0.05, 0) is 5.56 Å². The Bertz CT molecular complexity index is 388. The van der Waals surface area contributed by atoms with Gasteiger partial charge in [-0.2, -0.15) is 0 Å². The molecule has 0 heterocycles. The van der Waals surface area contributed by atoms with E-state index in [-0.39, 0.29) is 5.84 Å². The normalized spacial score (nSPS) is 11.2. The molecule has 0 fully saturated rings. The van der Waals surface area contributed by atoms with E-state index in [1.54, 1.807) is 6.07 Å². The second-order valence-electron chi connectivity index (χ2n) is 2.92. The van der Waals surface area contributed by atoms with Gasteiger partial charge < -0.3 is 16.3 Å². The molecule has 0 atom stereocenters. The van der Waals surface area contributed by atoms with Crippen LogP contribution in [-0.2, 0) is 16.2 Å². The number of amidine groups is 1. The van der Waals surface area contributed by atoms with Gasteiger partial charge in [-0.25, -0.2) is 4.79 Å². The minimum Gasteiger partial charge on any atom is -0.380 e. The summed E-state index contributed by atoms with van der Waals surface area (Å²) in [6.07, 6.45) is 0. The lowest BCUT2D eigenvalue weighted by Gasteiger charge is -2.05. The Balaban J connectivity index is 2.94. The van der Waals surface area contributed by atoms with E-state index in [0.717, 1.165) is 5.56 Å². The topological polar surface area (TPSA) is 90.7 Å². The maximum Gasteiger partial charge on any atom is 0.332 e. The van der Waals surface area contributed by atoms with Gasteiger partial charge in [-0.15, -0.1) is 0 Å². The maximum atomic E-state index is 10.5. The van der Waals surface area contributed by atoms with Crippen molar-refractivity contribution in [3.05, 3.63) is 35.4 Å². The molecule has 0 aliphatic heterocycles. The molecule has 0 spiro atoms. The van der Waals surface area contributed by atoms with Gasteiger partial charge in [0.15, 0.2) is 5.84 Å². The second kappa shape index (κ2) is 5.11. The lowest BCUT2D eigenvalue weighted by molar-refractivity contribution is -0.140. The van der Waals surface area contributed by atoms with Gasteiger partial charge in [0.1, 0.15) is 0 Å². The summed E-state index contributed by atoms with van der Waals surface area (Å²) >= 11 is 0. The van der Waals surface area contributed by atoms with Gasteiger partial charge in [-0.1, -0.05) is 29.4 Å². The minimum absolute atomic E-state index is 0.145. The largest absolute Gasteiger partial charge is 0.380 e. The molecule has 0 aromatic heterocycles. The molecule has 0 radical (unpaired) electrons. The Morgan fingerprint density at radius 3 is 2.73 bits per heavy atom. The van der Waals surface area contributed by atoms with Crippen molar-refractivity contribution < 1.29 is 9.63 Å². The molecule has 0 saturated heterocycles. The second-order valence-corrected chi connectivity index (χ2v) is 2.92. The molecule has 4 N–H and O–H groups in total. The first-order valence-corrected chi connectivity index (χ1v) is 4.44. The van der Waals surface area contributed by atoms with Crippen molar-refractivity contribution in [2.75, 3.05) is 0 Å². The average Bonchev–Trinajstić information content (AvgIpc) is 2.25. The van der Waals surface area contributed by atoms with Crippen molar-refractivity contribution in [1.29, 1.82) is 0 Å². The first-order chi connectivity index (χ1) is 7.15. The van der Waals surface area contributed by atoms with Gasteiger partial charge in [0.2, 0.25) is 0 Å². The molecule has 5 nitrogen and oxygen atoms in total. The maximum absolute atomic E-state index is 10.5. The van der Waals surface area contributed by atoms with E-state index in [4.69, 9.17) is 11.5 Å². The summed E-state index contributed by atoms with van der Waals surface area (Å²) in [7, 11) is 0. The summed E-state index contributed by atoms with van der Waals surface area (Å²) in [4.78, 5) is 15.0. The number of nitrogens with two attached hydrogens (primary N) is 2. The van der Waals surface area contributed by atoms with E-state index in [2.05, 4.69) is 9.99 Å². The van der Waals surface area contributed by atoms with Crippen molar-refractivity contribution in [2.24, 2.45) is 16.6 Å². The molecular formula is C10H13N3O2. The summed E-state index contributed by atoms with van der Waals surface area (Å²) in [6.45, 7) is 1.61. The molecule has 80 valence electrons. The van der Waals surface area contributed by atoms with Gasteiger partial charge in [-0.3, -0.25) is 0 Å². The first-order valence-electron chi connectivity index (χ1n) is 4.44. The molecule has 1 aromatic carbocycles. The highest BCUT2D eigenvalue weighted by Gasteiger charge is 2.04. The fraction of sp³-hybridized carbons (Fsp3) is 0.200. The van der Waals surface area contributed by atoms with Crippen molar-refractivity contribution in [1.82, 2.24) is 0 Å². The lowest BCUT2D eigenvalue weighted by atomic mass is 10.1. The molecule has 0 bridgehead atoms. The number of rotatable bonds is 3. The van der Waals surface area contributed by atoms with Gasteiger partial charge >= 0.3 is 5.97 Å². The summed E-state index contributed by atoms with van der Waals surface area (Å²) in [5.41, 5.74) is 12.7. The zero-order valence-electron chi connectivity index (χ0n) is 8.43. The van der Waals surface area contributed by atoms with Crippen LogP contribution in [0.2, 0.25) is 0 Å². The third kappa shape index (κ3) is 3.07. The predicted octanol–water partition coefficient (Wildman–Crippen LogP) is 0.329. The third-order valence-corrected chi connectivity index (χ3v) is 1.79. The van der Waals surface area contributed by atoms with E-state index < -0.39 is 5.97 Å². The number of hydrogen-bond acceptors (Lipinski definition) is 4. The van der Waals surface area contributed by atoms with Gasteiger partial charge in [0.05, 0.1) is 0 Å². The van der Waals surface area contributed by atoms with E-state index >= 15 is 0 Å². The Morgan fingerprint density at radius 2 is 2.13 bits per heavy atom. The van der Waals surface area contributed by atoms with Crippen LogP contribution < -0.4 is 11.5 Å². The molecule has 0 saturated carbocycles. The Morgan fingerprint density at radius 1 is 1.47 bits per heavy atom. The fourth-order valence-corrected chi connectivity index (χ4v) is 1.11. The number of oxime groups is 1. The Kier molecular flexibility index (Phi) is 3.82. The number of hydrogen-bond donors (Lipinski definition) is 2. The van der Waals surface area contributed by atoms with Crippen LogP contribution >= 0.6 is 0 Å². The zero-order valence-corrected chi connectivity index (χ0v) is 8.43. The van der Waals surface area contributed by atoms with Gasteiger partial charge in [0.25, 0.3) is 0 Å². The van der Waals surface area contributed by atoms with Crippen LogP contribution in [0.25, 0.3) is 0 Å². The third-order valence-electron chi connectivity index (χ3n) is 1.79. The highest BCUT2D eigenvalue weighted by atomic mass is 16.7. The molecule has 15 heavy (non-hydrogen) atoms.